The molecular weight excluding hydrogens is 480 g/mol. The summed E-state index contributed by atoms with van der Waals surface area (Å²) in [5.41, 5.74) is 4.66. The summed E-state index contributed by atoms with van der Waals surface area (Å²) in [6, 6.07) is 13.1. The van der Waals surface area contributed by atoms with Crippen LogP contribution in [0.1, 0.15) is 80.3 Å². The standard InChI is InChI=1S/C31H44N2O3S/c1-22-11-9-10-14-25(22)27-19-24(21-33(4)31(2,3)20-23-12-7-6-8-13-23)15-16-26(27)29(34)32-28(30(35)36)17-18-37-5/h9-11,14-16,19,23,28H,6-8,12-13,17-18,20-21H2,1-5H3,(H,32,34)(H,35,36). The van der Waals surface area contributed by atoms with Gasteiger partial charge in [0.25, 0.3) is 5.91 Å². The molecule has 37 heavy (non-hydrogen) atoms. The number of nitrogens with one attached hydrogen (secondary N) is 1. The van der Waals surface area contributed by atoms with Crippen LogP contribution < -0.4 is 5.32 Å². The molecule has 0 saturated heterocycles. The first-order valence-corrected chi connectivity index (χ1v) is 14.9. The van der Waals surface area contributed by atoms with Crippen LogP contribution in [0.4, 0.5) is 0 Å². The van der Waals surface area contributed by atoms with Gasteiger partial charge in [-0.1, -0.05) is 62.4 Å². The lowest BCUT2D eigenvalue weighted by Crippen LogP contribution is -2.42. The van der Waals surface area contributed by atoms with Gasteiger partial charge >= 0.3 is 5.97 Å². The first-order chi connectivity index (χ1) is 17.6. The van der Waals surface area contributed by atoms with Crippen LogP contribution in [0.2, 0.25) is 0 Å². The maximum atomic E-state index is 13.4. The molecule has 6 heteroatoms. The smallest absolute Gasteiger partial charge is 0.326 e. The van der Waals surface area contributed by atoms with E-state index >= 15 is 0 Å². The molecule has 1 amide bonds. The fourth-order valence-electron chi connectivity index (χ4n) is 5.46. The van der Waals surface area contributed by atoms with Crippen molar-refractivity contribution in [3.63, 3.8) is 0 Å². The molecule has 1 unspecified atom stereocenters. The second kappa shape index (κ2) is 13.5. The van der Waals surface area contributed by atoms with Crippen LogP contribution in [0, 0.1) is 12.8 Å². The van der Waals surface area contributed by atoms with Gasteiger partial charge < -0.3 is 10.4 Å². The van der Waals surface area contributed by atoms with Gasteiger partial charge in [0.15, 0.2) is 0 Å². The van der Waals surface area contributed by atoms with E-state index in [1.165, 1.54) is 38.5 Å². The summed E-state index contributed by atoms with van der Waals surface area (Å²) in [5, 5.41) is 12.4. The molecule has 0 bridgehead atoms. The van der Waals surface area contributed by atoms with Gasteiger partial charge in [0.1, 0.15) is 6.04 Å². The third-order valence-corrected chi connectivity index (χ3v) is 8.59. The number of aliphatic carboxylic acids is 1. The van der Waals surface area contributed by atoms with E-state index in [4.69, 9.17) is 0 Å². The Balaban J connectivity index is 1.87. The van der Waals surface area contributed by atoms with Crippen molar-refractivity contribution >= 4 is 23.6 Å². The van der Waals surface area contributed by atoms with E-state index in [9.17, 15) is 14.7 Å². The number of amides is 1. The summed E-state index contributed by atoms with van der Waals surface area (Å²) < 4.78 is 0. The fourth-order valence-corrected chi connectivity index (χ4v) is 5.93. The Morgan fingerprint density at radius 1 is 1.11 bits per heavy atom. The Morgan fingerprint density at radius 3 is 2.46 bits per heavy atom. The van der Waals surface area contributed by atoms with E-state index in [0.717, 1.165) is 34.7 Å². The van der Waals surface area contributed by atoms with E-state index in [2.05, 4.69) is 37.2 Å². The highest BCUT2D eigenvalue weighted by Crippen LogP contribution is 2.34. The third kappa shape index (κ3) is 8.08. The first kappa shape index (κ1) is 29.2. The predicted octanol–water partition coefficient (Wildman–Crippen LogP) is 6.78. The van der Waals surface area contributed by atoms with Crippen molar-refractivity contribution in [2.75, 3.05) is 19.1 Å². The van der Waals surface area contributed by atoms with Gasteiger partial charge in [-0.05, 0) is 93.0 Å². The number of carboxylic acids is 1. The molecule has 1 fully saturated rings. The van der Waals surface area contributed by atoms with Crippen LogP contribution in [0.15, 0.2) is 42.5 Å². The maximum absolute atomic E-state index is 13.4. The average molecular weight is 525 g/mol. The summed E-state index contributed by atoms with van der Waals surface area (Å²) in [5.74, 6) is 0.125. The van der Waals surface area contributed by atoms with E-state index in [1.54, 1.807) is 11.8 Å². The topological polar surface area (TPSA) is 69.6 Å². The monoisotopic (exact) mass is 524 g/mol. The van der Waals surface area contributed by atoms with Crippen molar-refractivity contribution in [2.24, 2.45) is 5.92 Å². The van der Waals surface area contributed by atoms with Crippen molar-refractivity contribution in [3.05, 3.63) is 59.2 Å². The molecule has 1 aliphatic rings. The highest BCUT2D eigenvalue weighted by Gasteiger charge is 2.29. The molecule has 0 aromatic heterocycles. The summed E-state index contributed by atoms with van der Waals surface area (Å²) >= 11 is 1.57. The fraction of sp³-hybridized carbons (Fsp3) is 0.548. The molecule has 2 aromatic rings. The van der Waals surface area contributed by atoms with Gasteiger partial charge in [0, 0.05) is 17.6 Å². The zero-order valence-electron chi connectivity index (χ0n) is 23.2. The number of benzene rings is 2. The Morgan fingerprint density at radius 2 is 1.81 bits per heavy atom. The molecule has 0 aliphatic heterocycles. The predicted molar refractivity (Wildman–Crippen MR) is 155 cm³/mol. The van der Waals surface area contributed by atoms with E-state index in [-0.39, 0.29) is 11.4 Å². The molecule has 2 N–H and O–H groups in total. The van der Waals surface area contributed by atoms with Gasteiger partial charge in [-0.15, -0.1) is 0 Å². The van der Waals surface area contributed by atoms with Gasteiger partial charge in [0.05, 0.1) is 0 Å². The number of carbonyl (C=O) groups excluding carboxylic acids is 1. The lowest BCUT2D eigenvalue weighted by Gasteiger charge is -2.39. The molecule has 2 aromatic carbocycles. The summed E-state index contributed by atoms with van der Waals surface area (Å²) in [6.45, 7) is 7.51. The normalized spacial score (nSPS) is 15.5. The van der Waals surface area contributed by atoms with Crippen molar-refractivity contribution in [1.82, 2.24) is 10.2 Å². The van der Waals surface area contributed by atoms with Crippen LogP contribution in [0.5, 0.6) is 0 Å². The highest BCUT2D eigenvalue weighted by atomic mass is 32.2. The van der Waals surface area contributed by atoms with E-state index in [1.807, 2.05) is 49.6 Å². The van der Waals surface area contributed by atoms with Crippen molar-refractivity contribution in [2.45, 2.75) is 83.8 Å². The molecule has 3 rings (SSSR count). The van der Waals surface area contributed by atoms with Crippen LogP contribution in [-0.2, 0) is 11.3 Å². The number of nitrogens with zero attached hydrogens (tertiary/aromatic N) is 1. The zero-order valence-corrected chi connectivity index (χ0v) is 24.0. The molecule has 1 aliphatic carbocycles. The summed E-state index contributed by atoms with van der Waals surface area (Å²) in [6.07, 6.45) is 10.3. The van der Waals surface area contributed by atoms with Crippen molar-refractivity contribution < 1.29 is 14.7 Å². The second-order valence-electron chi connectivity index (χ2n) is 11.2. The number of carboxylic acid groups (broad SMARTS) is 1. The first-order valence-electron chi connectivity index (χ1n) is 13.5. The Bertz CT molecular complexity index is 1060. The van der Waals surface area contributed by atoms with Crippen LogP contribution >= 0.6 is 11.8 Å². The number of aryl methyl sites for hydroxylation is 1. The van der Waals surface area contributed by atoms with Crippen LogP contribution in [-0.4, -0.2) is 52.5 Å². The minimum absolute atomic E-state index is 0.0763. The van der Waals surface area contributed by atoms with Gasteiger partial charge in [-0.2, -0.15) is 11.8 Å². The van der Waals surface area contributed by atoms with Gasteiger partial charge in [-0.3, -0.25) is 9.69 Å². The lowest BCUT2D eigenvalue weighted by atomic mass is 9.80. The largest absolute Gasteiger partial charge is 0.480 e. The molecule has 0 spiro atoms. The number of hydrogen-bond acceptors (Lipinski definition) is 4. The van der Waals surface area contributed by atoms with E-state index in [0.29, 0.717) is 17.7 Å². The lowest BCUT2D eigenvalue weighted by molar-refractivity contribution is -0.139. The third-order valence-electron chi connectivity index (χ3n) is 7.94. The van der Waals surface area contributed by atoms with Crippen molar-refractivity contribution in [1.29, 1.82) is 0 Å². The van der Waals surface area contributed by atoms with Crippen LogP contribution in [0.25, 0.3) is 11.1 Å². The summed E-state index contributed by atoms with van der Waals surface area (Å²) in [7, 11) is 2.19. The molecule has 1 atom stereocenters. The van der Waals surface area contributed by atoms with Gasteiger partial charge in [-0.25, -0.2) is 4.79 Å². The van der Waals surface area contributed by atoms with Crippen molar-refractivity contribution in [3.8, 4) is 11.1 Å². The van der Waals surface area contributed by atoms with E-state index < -0.39 is 12.0 Å². The molecule has 202 valence electrons. The SMILES string of the molecule is CSCCC(NC(=O)c1ccc(CN(C)C(C)(C)CC2CCCCC2)cc1-c1ccccc1C)C(=O)O. The number of carbonyl (C=O) groups is 2. The van der Waals surface area contributed by atoms with Gasteiger partial charge in [0.2, 0.25) is 0 Å². The minimum Gasteiger partial charge on any atom is -0.480 e. The molecule has 5 nitrogen and oxygen atoms in total. The van der Waals surface area contributed by atoms with Crippen LogP contribution in [0.3, 0.4) is 0 Å². The molecule has 0 heterocycles. The zero-order chi connectivity index (χ0) is 27.0. The quantitative estimate of drug-likeness (QED) is 0.320. The Hall–Kier alpha value is -2.31. The molecule has 1 saturated carbocycles. The Kier molecular flexibility index (Phi) is 10.7. The summed E-state index contributed by atoms with van der Waals surface area (Å²) in [4.78, 5) is 27.5. The second-order valence-corrected chi connectivity index (χ2v) is 12.2. The molecule has 0 radical (unpaired) electrons. The highest BCUT2D eigenvalue weighted by molar-refractivity contribution is 7.98. The average Bonchev–Trinajstić information content (AvgIpc) is 2.86. The number of rotatable bonds is 12. The number of hydrogen-bond donors (Lipinski definition) is 2. The molecular formula is C31H44N2O3S. The number of thioether (sulfide) groups is 1. The Labute approximate surface area is 227 Å². The minimum atomic E-state index is -1.00. The maximum Gasteiger partial charge on any atom is 0.326 e.